The van der Waals surface area contributed by atoms with Gasteiger partial charge < -0.3 is 35.1 Å². The summed E-state index contributed by atoms with van der Waals surface area (Å²) in [5.41, 5.74) is 6.37. The summed E-state index contributed by atoms with van der Waals surface area (Å²) in [5, 5.41) is 28.1. The van der Waals surface area contributed by atoms with E-state index in [1.165, 1.54) is 0 Å². The highest BCUT2D eigenvalue weighted by molar-refractivity contribution is 6.44. The van der Waals surface area contributed by atoms with Gasteiger partial charge in [-0.2, -0.15) is 0 Å². The molecule has 1 saturated heterocycles. The van der Waals surface area contributed by atoms with Gasteiger partial charge in [0.2, 0.25) is 0 Å². The number of fused-ring (bicyclic) bond motifs is 1. The van der Waals surface area contributed by atoms with Gasteiger partial charge in [0.05, 0.1) is 19.8 Å². The Morgan fingerprint density at radius 1 is 1.46 bits per heavy atom. The molecule has 3 rings (SSSR count). The molecule has 1 atom stereocenters. The highest BCUT2D eigenvalue weighted by Crippen LogP contribution is 2.37. The van der Waals surface area contributed by atoms with Gasteiger partial charge in [0.15, 0.2) is 0 Å². The number of aryl methyl sites for hydroxylation is 1. The lowest BCUT2D eigenvalue weighted by atomic mass is 9.78. The van der Waals surface area contributed by atoms with E-state index in [-0.39, 0.29) is 36.4 Å². The van der Waals surface area contributed by atoms with E-state index in [2.05, 4.69) is 4.90 Å². The molecule has 1 fully saturated rings. The first-order valence-electron chi connectivity index (χ1n) is 9.39. The van der Waals surface area contributed by atoms with E-state index in [9.17, 15) is 14.9 Å². The minimum absolute atomic E-state index is 0.0386. The van der Waals surface area contributed by atoms with Crippen LogP contribution in [-0.2, 0) is 11.2 Å². The first-order valence-corrected chi connectivity index (χ1v) is 9.39. The highest BCUT2D eigenvalue weighted by atomic mass is 16.5. The van der Waals surface area contributed by atoms with Crippen LogP contribution < -0.4 is 15.1 Å². The third-order valence-corrected chi connectivity index (χ3v) is 4.80. The van der Waals surface area contributed by atoms with Gasteiger partial charge >= 0.3 is 13.1 Å². The van der Waals surface area contributed by atoms with Crippen molar-refractivity contribution in [2.75, 3.05) is 39.5 Å². The molecule has 0 radical (unpaired) electrons. The summed E-state index contributed by atoms with van der Waals surface area (Å²) in [7, 11) is -1.00. The van der Waals surface area contributed by atoms with Gasteiger partial charge in [-0.25, -0.2) is 4.79 Å². The highest BCUT2D eigenvalue weighted by Gasteiger charge is 2.35. The smallest absolute Gasteiger partial charge is 0.522 e. The second-order valence-electron chi connectivity index (χ2n) is 7.71. The number of hydrogen-bond donors (Lipinski definition) is 4. The number of carboxylic acids is 1. The molecule has 1 aromatic rings. The van der Waals surface area contributed by atoms with Crippen molar-refractivity contribution in [2.24, 2.45) is 5.73 Å². The third-order valence-electron chi connectivity index (χ3n) is 4.80. The van der Waals surface area contributed by atoms with Crippen LogP contribution in [0.25, 0.3) is 0 Å². The number of aliphatic hydroxyl groups excluding tert-OH is 1. The lowest BCUT2D eigenvalue weighted by Crippen LogP contribution is -2.61. The number of carboxylic acid groups (broad SMARTS) is 1. The summed E-state index contributed by atoms with van der Waals surface area (Å²) in [4.78, 5) is 13.9. The van der Waals surface area contributed by atoms with Crippen molar-refractivity contribution in [3.8, 4) is 11.5 Å². The first-order chi connectivity index (χ1) is 13.3. The zero-order valence-electron chi connectivity index (χ0n) is 16.0. The SMILES string of the molecule is C[C@](N)(COCCO)CN1CC(Oc2ccc3c(c2C(=O)O)OB(O)CC3)C1. The number of ether oxygens (including phenoxy) is 2. The molecule has 0 aliphatic carbocycles. The summed E-state index contributed by atoms with van der Waals surface area (Å²) in [5.74, 6) is -0.713. The van der Waals surface area contributed by atoms with Crippen LogP contribution in [0.3, 0.4) is 0 Å². The van der Waals surface area contributed by atoms with Crippen molar-refractivity contribution >= 4 is 13.1 Å². The fourth-order valence-corrected chi connectivity index (χ4v) is 3.55. The molecule has 1 aromatic carbocycles. The maximum absolute atomic E-state index is 11.8. The predicted molar refractivity (Wildman–Crippen MR) is 102 cm³/mol. The van der Waals surface area contributed by atoms with Crippen molar-refractivity contribution in [2.45, 2.75) is 31.3 Å². The molecule has 0 aromatic heterocycles. The normalized spacial score (nSPS) is 19.4. The number of nitrogens with zero attached hydrogens (tertiary/aromatic N) is 1. The second-order valence-corrected chi connectivity index (χ2v) is 7.71. The van der Waals surface area contributed by atoms with Crippen molar-refractivity contribution in [1.29, 1.82) is 0 Å². The third kappa shape index (κ3) is 4.95. The number of carbonyl (C=O) groups is 1. The Morgan fingerprint density at radius 2 is 2.21 bits per heavy atom. The van der Waals surface area contributed by atoms with Crippen molar-refractivity contribution in [3.63, 3.8) is 0 Å². The van der Waals surface area contributed by atoms with Crippen LogP contribution in [0.1, 0.15) is 22.8 Å². The number of nitrogens with two attached hydrogens (primary N) is 1. The van der Waals surface area contributed by atoms with Gasteiger partial charge in [0.25, 0.3) is 0 Å². The molecule has 0 saturated carbocycles. The zero-order chi connectivity index (χ0) is 20.3. The Morgan fingerprint density at radius 3 is 2.89 bits per heavy atom. The number of likely N-dealkylation sites (tertiary alicyclic amines) is 1. The van der Waals surface area contributed by atoms with E-state index in [1.54, 1.807) is 12.1 Å². The Kier molecular flexibility index (Phi) is 6.46. The van der Waals surface area contributed by atoms with Crippen LogP contribution in [0.4, 0.5) is 0 Å². The van der Waals surface area contributed by atoms with E-state index in [0.717, 1.165) is 5.56 Å². The van der Waals surface area contributed by atoms with Crippen LogP contribution in [0.5, 0.6) is 11.5 Å². The number of benzene rings is 1. The Hall–Kier alpha value is -1.85. The van der Waals surface area contributed by atoms with Gasteiger partial charge in [-0.1, -0.05) is 6.07 Å². The fraction of sp³-hybridized carbons (Fsp3) is 0.611. The Bertz CT molecular complexity index is 709. The molecular weight excluding hydrogens is 367 g/mol. The minimum Gasteiger partial charge on any atom is -0.535 e. The fourth-order valence-electron chi connectivity index (χ4n) is 3.55. The topological polar surface area (TPSA) is 135 Å². The summed E-state index contributed by atoms with van der Waals surface area (Å²) < 4.78 is 16.6. The first kappa shape index (κ1) is 20.9. The van der Waals surface area contributed by atoms with Crippen LogP contribution >= 0.6 is 0 Å². The van der Waals surface area contributed by atoms with Gasteiger partial charge in [-0.3, -0.25) is 4.90 Å². The summed E-state index contributed by atoms with van der Waals surface area (Å²) in [6, 6.07) is 3.44. The zero-order valence-corrected chi connectivity index (χ0v) is 16.0. The van der Waals surface area contributed by atoms with Crippen LogP contribution in [0.15, 0.2) is 12.1 Å². The molecule has 5 N–H and O–H groups in total. The van der Waals surface area contributed by atoms with Crippen molar-refractivity contribution in [1.82, 2.24) is 4.90 Å². The molecule has 10 heteroatoms. The van der Waals surface area contributed by atoms with E-state index >= 15 is 0 Å². The largest absolute Gasteiger partial charge is 0.535 e. The molecule has 0 amide bonds. The van der Waals surface area contributed by atoms with E-state index in [1.807, 2.05) is 6.92 Å². The number of aliphatic hydroxyl groups is 1. The molecule has 2 aliphatic rings. The van der Waals surface area contributed by atoms with Crippen LogP contribution in [-0.4, -0.2) is 84.3 Å². The average molecular weight is 394 g/mol. The molecule has 0 bridgehead atoms. The van der Waals surface area contributed by atoms with Gasteiger partial charge in [-0.05, 0) is 31.3 Å². The summed E-state index contributed by atoms with van der Waals surface area (Å²) >= 11 is 0. The van der Waals surface area contributed by atoms with E-state index in [0.29, 0.717) is 39.0 Å². The standard InChI is InChI=1S/C18H27BN2O7/c1-18(20,11-26-7-6-22)10-21-8-13(9-21)27-14-3-2-12-4-5-19(25)28-16(12)15(14)17(23)24/h2-3,13,22,25H,4-11,20H2,1H3,(H,23,24)/t18-/m1/s1. The maximum Gasteiger partial charge on any atom is 0.522 e. The van der Waals surface area contributed by atoms with E-state index in [4.69, 9.17) is 25.0 Å². The van der Waals surface area contributed by atoms with E-state index < -0.39 is 18.6 Å². The predicted octanol–water partition coefficient (Wildman–Crippen LogP) is -0.410. The lowest BCUT2D eigenvalue weighted by Gasteiger charge is -2.43. The molecular formula is C18H27BN2O7. The molecule has 9 nitrogen and oxygen atoms in total. The monoisotopic (exact) mass is 394 g/mol. The minimum atomic E-state index is -1.15. The molecule has 0 spiro atoms. The molecule has 2 aliphatic heterocycles. The van der Waals surface area contributed by atoms with Gasteiger partial charge in [-0.15, -0.1) is 0 Å². The second kappa shape index (κ2) is 8.67. The number of aromatic carboxylic acids is 1. The Labute approximate surface area is 164 Å². The number of rotatable bonds is 9. The number of hydrogen-bond acceptors (Lipinski definition) is 8. The Balaban J connectivity index is 1.59. The lowest BCUT2D eigenvalue weighted by molar-refractivity contribution is -0.0106. The summed E-state index contributed by atoms with van der Waals surface area (Å²) in [6.07, 6.45) is 0.838. The van der Waals surface area contributed by atoms with Gasteiger partial charge in [0.1, 0.15) is 23.2 Å². The van der Waals surface area contributed by atoms with Gasteiger partial charge in [0, 0.05) is 25.2 Å². The maximum atomic E-state index is 11.8. The molecule has 28 heavy (non-hydrogen) atoms. The average Bonchev–Trinajstić information content (AvgIpc) is 2.59. The van der Waals surface area contributed by atoms with Crippen molar-refractivity contribution in [3.05, 3.63) is 23.3 Å². The van der Waals surface area contributed by atoms with Crippen molar-refractivity contribution < 1.29 is 34.2 Å². The molecule has 2 heterocycles. The summed E-state index contributed by atoms with van der Waals surface area (Å²) in [6.45, 7) is 4.27. The van der Waals surface area contributed by atoms with Crippen LogP contribution in [0, 0.1) is 0 Å². The molecule has 154 valence electrons. The molecule has 0 unspecified atom stereocenters. The van der Waals surface area contributed by atoms with Crippen LogP contribution in [0.2, 0.25) is 6.32 Å². The quantitative estimate of drug-likeness (QED) is 0.326.